The minimum absolute atomic E-state index is 0.0397. The van der Waals surface area contributed by atoms with Crippen LogP contribution in [-0.2, 0) is 24.3 Å². The van der Waals surface area contributed by atoms with Gasteiger partial charge < -0.3 is 4.90 Å². The van der Waals surface area contributed by atoms with Gasteiger partial charge in [-0.05, 0) is 41.5 Å². The van der Waals surface area contributed by atoms with Crippen LogP contribution in [0.25, 0.3) is 11.4 Å². The van der Waals surface area contributed by atoms with Crippen LogP contribution in [-0.4, -0.2) is 47.5 Å². The molecule has 0 aliphatic carbocycles. The highest BCUT2D eigenvalue weighted by atomic mass is 35.5. The van der Waals surface area contributed by atoms with Crippen molar-refractivity contribution in [3.05, 3.63) is 52.6 Å². The predicted octanol–water partition coefficient (Wildman–Crippen LogP) is 2.49. The van der Waals surface area contributed by atoms with E-state index in [2.05, 4.69) is 39.2 Å². The standard InChI is InChI=1S/C19H20ClN7O/c1-12(2)18-21-9-14-7-8-26(10-16(14)22-18)17(28)11-27-24-19(23-25-27)13-3-5-15(20)6-4-13/h3-6,9,12H,7-8,10-11H2,1-2H3. The van der Waals surface area contributed by atoms with Crippen molar-refractivity contribution in [3.8, 4) is 11.4 Å². The number of hydrogen-bond acceptors (Lipinski definition) is 6. The van der Waals surface area contributed by atoms with Crippen molar-refractivity contribution in [2.45, 2.75) is 39.3 Å². The summed E-state index contributed by atoms with van der Waals surface area (Å²) in [5.41, 5.74) is 2.83. The Morgan fingerprint density at radius 2 is 2.04 bits per heavy atom. The molecular weight excluding hydrogens is 378 g/mol. The second-order valence-electron chi connectivity index (χ2n) is 7.07. The molecule has 0 radical (unpaired) electrons. The molecule has 2 aromatic heterocycles. The topological polar surface area (TPSA) is 89.7 Å². The van der Waals surface area contributed by atoms with E-state index in [1.807, 2.05) is 18.3 Å². The fraction of sp³-hybridized carbons (Fsp3) is 0.368. The van der Waals surface area contributed by atoms with Gasteiger partial charge in [-0.3, -0.25) is 4.79 Å². The van der Waals surface area contributed by atoms with Crippen molar-refractivity contribution in [2.75, 3.05) is 6.54 Å². The lowest BCUT2D eigenvalue weighted by Crippen LogP contribution is -2.39. The quantitative estimate of drug-likeness (QED) is 0.671. The lowest BCUT2D eigenvalue weighted by Gasteiger charge is -2.28. The van der Waals surface area contributed by atoms with Crippen LogP contribution < -0.4 is 0 Å². The number of hydrogen-bond donors (Lipinski definition) is 0. The average Bonchev–Trinajstić information content (AvgIpc) is 3.16. The van der Waals surface area contributed by atoms with Crippen molar-refractivity contribution in [1.82, 2.24) is 35.1 Å². The smallest absolute Gasteiger partial charge is 0.246 e. The molecule has 9 heteroatoms. The molecule has 0 unspecified atom stereocenters. The number of amides is 1. The lowest BCUT2D eigenvalue weighted by atomic mass is 10.1. The minimum Gasteiger partial charge on any atom is -0.335 e. The molecule has 4 rings (SSSR count). The molecule has 8 nitrogen and oxygen atoms in total. The maximum Gasteiger partial charge on any atom is 0.246 e. The molecule has 0 saturated heterocycles. The predicted molar refractivity (Wildman–Crippen MR) is 104 cm³/mol. The fourth-order valence-electron chi connectivity index (χ4n) is 3.06. The SMILES string of the molecule is CC(C)c1ncc2c(n1)CN(C(=O)Cn1nnc(-c3ccc(Cl)cc3)n1)CC2. The molecule has 144 valence electrons. The average molecular weight is 398 g/mol. The molecule has 0 spiro atoms. The van der Waals surface area contributed by atoms with Crippen molar-refractivity contribution >= 4 is 17.5 Å². The first-order valence-electron chi connectivity index (χ1n) is 9.16. The fourth-order valence-corrected chi connectivity index (χ4v) is 3.18. The van der Waals surface area contributed by atoms with E-state index in [4.69, 9.17) is 11.6 Å². The third-order valence-electron chi connectivity index (χ3n) is 4.67. The summed E-state index contributed by atoms with van der Waals surface area (Å²) in [4.78, 5) is 24.9. The Morgan fingerprint density at radius 1 is 1.25 bits per heavy atom. The molecular formula is C19H20ClN7O. The zero-order valence-electron chi connectivity index (χ0n) is 15.7. The highest BCUT2D eigenvalue weighted by Crippen LogP contribution is 2.20. The molecule has 1 aliphatic heterocycles. The number of nitrogens with zero attached hydrogens (tertiary/aromatic N) is 7. The molecule has 0 saturated carbocycles. The zero-order chi connectivity index (χ0) is 19.7. The maximum absolute atomic E-state index is 12.7. The van der Waals surface area contributed by atoms with Crippen molar-refractivity contribution in [3.63, 3.8) is 0 Å². The molecule has 3 aromatic rings. The molecule has 1 amide bonds. The van der Waals surface area contributed by atoms with Gasteiger partial charge in [0.25, 0.3) is 0 Å². The zero-order valence-corrected chi connectivity index (χ0v) is 16.5. The Morgan fingerprint density at radius 3 is 2.79 bits per heavy atom. The van der Waals surface area contributed by atoms with Gasteiger partial charge in [-0.2, -0.15) is 4.80 Å². The van der Waals surface area contributed by atoms with Gasteiger partial charge in [0.1, 0.15) is 12.4 Å². The van der Waals surface area contributed by atoms with Gasteiger partial charge in [-0.1, -0.05) is 25.4 Å². The molecule has 0 bridgehead atoms. The van der Waals surface area contributed by atoms with Gasteiger partial charge in [0.15, 0.2) is 0 Å². The first-order chi connectivity index (χ1) is 13.5. The third kappa shape index (κ3) is 3.87. The van der Waals surface area contributed by atoms with E-state index in [0.717, 1.165) is 29.1 Å². The highest BCUT2D eigenvalue weighted by Gasteiger charge is 2.23. The van der Waals surface area contributed by atoms with Gasteiger partial charge in [0, 0.05) is 29.2 Å². The van der Waals surface area contributed by atoms with E-state index in [9.17, 15) is 4.79 Å². The van der Waals surface area contributed by atoms with Crippen LogP contribution in [0, 0.1) is 0 Å². The van der Waals surface area contributed by atoms with Crippen molar-refractivity contribution in [2.24, 2.45) is 0 Å². The summed E-state index contributed by atoms with van der Waals surface area (Å²) < 4.78 is 0. The Labute approximate surface area is 167 Å². The minimum atomic E-state index is -0.0598. The molecule has 3 heterocycles. The molecule has 0 fully saturated rings. The van der Waals surface area contributed by atoms with Gasteiger partial charge in [-0.25, -0.2) is 9.97 Å². The number of benzene rings is 1. The normalized spacial score (nSPS) is 13.6. The highest BCUT2D eigenvalue weighted by molar-refractivity contribution is 6.30. The second-order valence-corrected chi connectivity index (χ2v) is 7.51. The lowest BCUT2D eigenvalue weighted by molar-refractivity contribution is -0.133. The van der Waals surface area contributed by atoms with E-state index >= 15 is 0 Å². The summed E-state index contributed by atoms with van der Waals surface area (Å²) in [7, 11) is 0. The maximum atomic E-state index is 12.7. The van der Waals surface area contributed by atoms with Crippen molar-refractivity contribution < 1.29 is 4.79 Å². The summed E-state index contributed by atoms with van der Waals surface area (Å²) in [6.45, 7) is 5.27. The molecule has 0 atom stereocenters. The Balaban J connectivity index is 1.44. The van der Waals surface area contributed by atoms with E-state index in [1.54, 1.807) is 17.0 Å². The van der Waals surface area contributed by atoms with Gasteiger partial charge >= 0.3 is 0 Å². The molecule has 1 aliphatic rings. The first kappa shape index (κ1) is 18.5. The Bertz CT molecular complexity index is 1000. The van der Waals surface area contributed by atoms with Gasteiger partial charge in [0.05, 0.1) is 12.2 Å². The Hall–Kier alpha value is -2.87. The molecule has 0 N–H and O–H groups in total. The first-order valence-corrected chi connectivity index (χ1v) is 9.53. The van der Waals surface area contributed by atoms with Crippen LogP contribution in [0.4, 0.5) is 0 Å². The number of fused-ring (bicyclic) bond motifs is 1. The van der Waals surface area contributed by atoms with Crippen LogP contribution in [0.3, 0.4) is 0 Å². The van der Waals surface area contributed by atoms with Gasteiger partial charge in [-0.15, -0.1) is 10.2 Å². The molecule has 28 heavy (non-hydrogen) atoms. The van der Waals surface area contributed by atoms with Crippen LogP contribution in [0.1, 0.15) is 36.8 Å². The van der Waals surface area contributed by atoms with Crippen LogP contribution in [0.2, 0.25) is 5.02 Å². The number of tetrazole rings is 1. The van der Waals surface area contributed by atoms with Crippen LogP contribution in [0.5, 0.6) is 0 Å². The van der Waals surface area contributed by atoms with E-state index in [-0.39, 0.29) is 18.4 Å². The van der Waals surface area contributed by atoms with Crippen molar-refractivity contribution in [1.29, 1.82) is 0 Å². The number of carbonyl (C=O) groups is 1. The summed E-state index contributed by atoms with van der Waals surface area (Å²) in [5, 5.41) is 13.0. The van der Waals surface area contributed by atoms with Crippen LogP contribution in [0.15, 0.2) is 30.5 Å². The van der Waals surface area contributed by atoms with Gasteiger partial charge in [0.2, 0.25) is 11.7 Å². The second kappa shape index (κ2) is 7.63. The largest absolute Gasteiger partial charge is 0.335 e. The summed E-state index contributed by atoms with van der Waals surface area (Å²) in [6, 6.07) is 7.17. The Kier molecular flexibility index (Phi) is 5.04. The number of halogens is 1. The van der Waals surface area contributed by atoms with E-state index in [0.29, 0.717) is 23.9 Å². The monoisotopic (exact) mass is 397 g/mol. The third-order valence-corrected chi connectivity index (χ3v) is 4.92. The summed E-state index contributed by atoms with van der Waals surface area (Å²) in [5.74, 6) is 1.46. The van der Waals surface area contributed by atoms with E-state index < -0.39 is 0 Å². The number of rotatable bonds is 4. The number of aromatic nitrogens is 6. The van der Waals surface area contributed by atoms with Crippen LogP contribution >= 0.6 is 11.6 Å². The summed E-state index contributed by atoms with van der Waals surface area (Å²) >= 11 is 5.90. The molecule has 1 aromatic carbocycles. The summed E-state index contributed by atoms with van der Waals surface area (Å²) in [6.07, 6.45) is 2.64. The number of carbonyl (C=O) groups excluding carboxylic acids is 1. The van der Waals surface area contributed by atoms with E-state index in [1.165, 1.54) is 4.80 Å².